The summed E-state index contributed by atoms with van der Waals surface area (Å²) in [6.45, 7) is 3.79. The SMILES string of the molecule is C[C@@H]1CCCN(C(=O)Cn2cnc3cc(-c4ccccc4)sc3c2=O)C1. The highest BCUT2D eigenvalue weighted by Crippen LogP contribution is 2.30. The molecule has 1 aliphatic heterocycles. The molecular weight excluding hydrogens is 346 g/mol. The lowest BCUT2D eigenvalue weighted by Gasteiger charge is -2.31. The number of piperidine rings is 1. The van der Waals surface area contributed by atoms with Crippen molar-refractivity contribution in [2.75, 3.05) is 13.1 Å². The third kappa shape index (κ3) is 3.29. The minimum atomic E-state index is -0.138. The standard InChI is InChI=1S/C20H21N3O2S/c1-14-6-5-9-22(11-14)18(24)12-23-13-21-16-10-17(26-19(16)20(23)25)15-7-3-2-4-8-15/h2-4,7-8,10,13-14H,5-6,9,11-12H2,1H3/t14-/m1/s1. The summed E-state index contributed by atoms with van der Waals surface area (Å²) in [5.41, 5.74) is 1.62. The van der Waals surface area contributed by atoms with E-state index in [4.69, 9.17) is 0 Å². The summed E-state index contributed by atoms with van der Waals surface area (Å²) >= 11 is 1.43. The van der Waals surface area contributed by atoms with Gasteiger partial charge in [-0.2, -0.15) is 0 Å². The van der Waals surface area contributed by atoms with Gasteiger partial charge in [-0.05, 0) is 30.4 Å². The first-order valence-corrected chi connectivity index (χ1v) is 9.75. The molecule has 1 aliphatic rings. The predicted octanol–water partition coefficient (Wildman–Crippen LogP) is 3.38. The van der Waals surface area contributed by atoms with Gasteiger partial charge in [0.05, 0.1) is 11.8 Å². The van der Waals surface area contributed by atoms with Gasteiger partial charge < -0.3 is 4.90 Å². The molecule has 0 unspecified atom stereocenters. The largest absolute Gasteiger partial charge is 0.341 e. The molecule has 1 saturated heterocycles. The molecule has 134 valence electrons. The van der Waals surface area contributed by atoms with Crippen LogP contribution in [0.15, 0.2) is 47.5 Å². The zero-order valence-corrected chi connectivity index (χ0v) is 15.5. The molecular formula is C20H21N3O2S. The number of likely N-dealkylation sites (tertiary alicyclic amines) is 1. The Hall–Kier alpha value is -2.47. The zero-order valence-electron chi connectivity index (χ0n) is 14.7. The molecule has 3 aromatic rings. The van der Waals surface area contributed by atoms with Crippen molar-refractivity contribution in [2.45, 2.75) is 26.3 Å². The Balaban J connectivity index is 1.61. The van der Waals surface area contributed by atoms with Gasteiger partial charge in [0.15, 0.2) is 0 Å². The third-order valence-electron chi connectivity index (χ3n) is 4.88. The van der Waals surface area contributed by atoms with Crippen molar-refractivity contribution >= 4 is 27.5 Å². The number of carbonyl (C=O) groups is 1. The summed E-state index contributed by atoms with van der Waals surface area (Å²) in [5, 5.41) is 0. The van der Waals surface area contributed by atoms with Crippen LogP contribution in [0, 0.1) is 5.92 Å². The van der Waals surface area contributed by atoms with E-state index in [1.54, 1.807) is 0 Å². The lowest BCUT2D eigenvalue weighted by molar-refractivity contribution is -0.133. The monoisotopic (exact) mass is 367 g/mol. The average Bonchev–Trinajstić information content (AvgIpc) is 3.10. The molecule has 6 heteroatoms. The van der Waals surface area contributed by atoms with Crippen LogP contribution < -0.4 is 5.56 Å². The maximum absolute atomic E-state index is 12.8. The molecule has 5 nitrogen and oxygen atoms in total. The van der Waals surface area contributed by atoms with E-state index >= 15 is 0 Å². The summed E-state index contributed by atoms with van der Waals surface area (Å²) in [5.74, 6) is 0.524. The number of hydrogen-bond acceptors (Lipinski definition) is 4. The molecule has 1 amide bonds. The third-order valence-corrected chi connectivity index (χ3v) is 6.04. The van der Waals surface area contributed by atoms with E-state index in [0.717, 1.165) is 36.4 Å². The van der Waals surface area contributed by atoms with Gasteiger partial charge in [-0.25, -0.2) is 4.98 Å². The fourth-order valence-corrected chi connectivity index (χ4v) is 4.53. The van der Waals surface area contributed by atoms with E-state index in [9.17, 15) is 9.59 Å². The molecule has 0 spiro atoms. The van der Waals surface area contributed by atoms with Crippen LogP contribution in [-0.2, 0) is 11.3 Å². The number of amides is 1. The number of thiophene rings is 1. The van der Waals surface area contributed by atoms with Crippen molar-refractivity contribution < 1.29 is 4.79 Å². The number of hydrogen-bond donors (Lipinski definition) is 0. The Morgan fingerprint density at radius 2 is 2.12 bits per heavy atom. The summed E-state index contributed by atoms with van der Waals surface area (Å²) < 4.78 is 2.04. The van der Waals surface area contributed by atoms with Gasteiger partial charge in [0.2, 0.25) is 5.91 Å². The maximum atomic E-state index is 12.8. The first-order chi connectivity index (χ1) is 12.6. The van der Waals surface area contributed by atoms with Gasteiger partial charge in [-0.15, -0.1) is 11.3 Å². The Morgan fingerprint density at radius 1 is 1.31 bits per heavy atom. The van der Waals surface area contributed by atoms with Crippen molar-refractivity contribution in [3.8, 4) is 10.4 Å². The molecule has 3 heterocycles. The minimum Gasteiger partial charge on any atom is -0.341 e. The molecule has 1 aromatic carbocycles. The van der Waals surface area contributed by atoms with Crippen molar-refractivity contribution in [1.82, 2.24) is 14.5 Å². The molecule has 26 heavy (non-hydrogen) atoms. The normalized spacial score (nSPS) is 17.6. The Bertz CT molecular complexity index is 993. The van der Waals surface area contributed by atoms with E-state index in [1.807, 2.05) is 41.3 Å². The highest BCUT2D eigenvalue weighted by Gasteiger charge is 2.21. The van der Waals surface area contributed by atoms with Crippen LogP contribution in [0.25, 0.3) is 20.7 Å². The topological polar surface area (TPSA) is 55.2 Å². The zero-order chi connectivity index (χ0) is 18.1. The van der Waals surface area contributed by atoms with E-state index in [1.165, 1.54) is 22.2 Å². The van der Waals surface area contributed by atoms with E-state index in [-0.39, 0.29) is 18.0 Å². The van der Waals surface area contributed by atoms with Crippen molar-refractivity contribution in [3.05, 3.63) is 53.1 Å². The minimum absolute atomic E-state index is 0.000334. The molecule has 4 rings (SSSR count). The lowest BCUT2D eigenvalue weighted by atomic mass is 10.0. The summed E-state index contributed by atoms with van der Waals surface area (Å²) in [7, 11) is 0. The van der Waals surface area contributed by atoms with Crippen LogP contribution in [0.4, 0.5) is 0 Å². The molecule has 1 fully saturated rings. The molecule has 0 N–H and O–H groups in total. The van der Waals surface area contributed by atoms with E-state index in [2.05, 4.69) is 11.9 Å². The Morgan fingerprint density at radius 3 is 2.88 bits per heavy atom. The molecule has 1 atom stereocenters. The fourth-order valence-electron chi connectivity index (χ4n) is 3.46. The smallest absolute Gasteiger partial charge is 0.271 e. The molecule has 0 saturated carbocycles. The maximum Gasteiger partial charge on any atom is 0.271 e. The van der Waals surface area contributed by atoms with Crippen molar-refractivity contribution in [1.29, 1.82) is 0 Å². The van der Waals surface area contributed by atoms with Gasteiger partial charge in [0, 0.05) is 18.0 Å². The number of benzene rings is 1. The molecule has 2 aromatic heterocycles. The van der Waals surface area contributed by atoms with Gasteiger partial charge in [0.25, 0.3) is 5.56 Å². The van der Waals surface area contributed by atoms with E-state index in [0.29, 0.717) is 16.1 Å². The van der Waals surface area contributed by atoms with E-state index < -0.39 is 0 Å². The Labute approximate surface area is 155 Å². The number of fused-ring (bicyclic) bond motifs is 1. The van der Waals surface area contributed by atoms with Crippen molar-refractivity contribution in [2.24, 2.45) is 5.92 Å². The van der Waals surface area contributed by atoms with Crippen LogP contribution in [0.5, 0.6) is 0 Å². The molecule has 0 radical (unpaired) electrons. The summed E-state index contributed by atoms with van der Waals surface area (Å²) in [6, 6.07) is 11.9. The number of rotatable bonds is 3. The second-order valence-corrected chi connectivity index (χ2v) is 8.01. The van der Waals surface area contributed by atoms with Crippen LogP contribution in [-0.4, -0.2) is 33.4 Å². The second-order valence-electron chi connectivity index (χ2n) is 6.96. The number of aromatic nitrogens is 2. The first kappa shape index (κ1) is 17.0. The lowest BCUT2D eigenvalue weighted by Crippen LogP contribution is -2.42. The van der Waals surface area contributed by atoms with Crippen LogP contribution in [0.3, 0.4) is 0 Å². The second kappa shape index (κ2) is 7.03. The quantitative estimate of drug-likeness (QED) is 0.713. The summed E-state index contributed by atoms with van der Waals surface area (Å²) in [6.07, 6.45) is 3.69. The van der Waals surface area contributed by atoms with Gasteiger partial charge >= 0.3 is 0 Å². The number of nitrogens with zero attached hydrogens (tertiary/aromatic N) is 3. The van der Waals surface area contributed by atoms with Gasteiger partial charge in [0.1, 0.15) is 11.2 Å². The fraction of sp³-hybridized carbons (Fsp3) is 0.350. The van der Waals surface area contributed by atoms with Crippen molar-refractivity contribution in [3.63, 3.8) is 0 Å². The predicted molar refractivity (Wildman–Crippen MR) is 104 cm³/mol. The van der Waals surface area contributed by atoms with Gasteiger partial charge in [-0.3, -0.25) is 14.2 Å². The van der Waals surface area contributed by atoms with Crippen LogP contribution in [0.1, 0.15) is 19.8 Å². The highest BCUT2D eigenvalue weighted by molar-refractivity contribution is 7.22. The van der Waals surface area contributed by atoms with Gasteiger partial charge in [-0.1, -0.05) is 37.3 Å². The highest BCUT2D eigenvalue weighted by atomic mass is 32.1. The molecule has 0 bridgehead atoms. The average molecular weight is 367 g/mol. The number of carbonyl (C=O) groups excluding carboxylic acids is 1. The Kier molecular flexibility index (Phi) is 4.59. The van der Waals surface area contributed by atoms with Crippen LogP contribution in [0.2, 0.25) is 0 Å². The summed E-state index contributed by atoms with van der Waals surface area (Å²) in [4.78, 5) is 32.7. The molecule has 0 aliphatic carbocycles. The first-order valence-electron chi connectivity index (χ1n) is 8.94. The van der Waals surface area contributed by atoms with Crippen LogP contribution >= 0.6 is 11.3 Å².